The molecule has 0 radical (unpaired) electrons. The fourth-order valence-corrected chi connectivity index (χ4v) is 4.14. The molecule has 2 amide bonds. The lowest BCUT2D eigenvalue weighted by Gasteiger charge is -2.31. The lowest BCUT2D eigenvalue weighted by molar-refractivity contribution is -0.121. The molecule has 1 aliphatic rings. The summed E-state index contributed by atoms with van der Waals surface area (Å²) in [5.41, 5.74) is 1.97. The first kappa shape index (κ1) is 20.1. The molecule has 0 atom stereocenters. The fraction of sp³-hybridized carbons (Fsp3) is 0.333. The Morgan fingerprint density at radius 2 is 1.61 bits per heavy atom. The minimum atomic E-state index is -3.10. The first-order valence-electron chi connectivity index (χ1n) is 9.24. The molecule has 1 saturated heterocycles. The first-order chi connectivity index (χ1) is 13.3. The zero-order valence-corrected chi connectivity index (χ0v) is 16.6. The van der Waals surface area contributed by atoms with Gasteiger partial charge in [0.1, 0.15) is 0 Å². The number of carbonyl (C=O) groups excluding carboxylic acids is 2. The van der Waals surface area contributed by atoms with Crippen molar-refractivity contribution in [3.63, 3.8) is 0 Å². The van der Waals surface area contributed by atoms with Crippen molar-refractivity contribution in [2.45, 2.75) is 18.6 Å². The summed E-state index contributed by atoms with van der Waals surface area (Å²) in [5, 5.41) is 2.92. The van der Waals surface area contributed by atoms with Crippen molar-refractivity contribution < 1.29 is 18.0 Å². The Labute approximate surface area is 165 Å². The molecular formula is C21H24N2O4S. The molecule has 148 valence electrons. The highest BCUT2D eigenvalue weighted by Crippen LogP contribution is 2.21. The zero-order chi connectivity index (χ0) is 20.1. The van der Waals surface area contributed by atoms with Crippen LogP contribution in [0.5, 0.6) is 0 Å². The number of sulfone groups is 1. The van der Waals surface area contributed by atoms with E-state index < -0.39 is 9.84 Å². The Balaban J connectivity index is 1.54. The van der Waals surface area contributed by atoms with E-state index in [-0.39, 0.29) is 23.5 Å². The highest BCUT2D eigenvalue weighted by molar-refractivity contribution is 7.89. The molecule has 1 fully saturated rings. The molecule has 0 bridgehead atoms. The van der Waals surface area contributed by atoms with Gasteiger partial charge in [-0.3, -0.25) is 9.59 Å². The van der Waals surface area contributed by atoms with Crippen LogP contribution in [0.25, 0.3) is 0 Å². The average Bonchev–Trinajstić information content (AvgIpc) is 2.68. The second-order valence-corrected chi connectivity index (χ2v) is 9.33. The molecule has 6 nitrogen and oxygen atoms in total. The van der Waals surface area contributed by atoms with Gasteiger partial charge in [0, 0.05) is 36.5 Å². The van der Waals surface area contributed by atoms with Gasteiger partial charge in [0.15, 0.2) is 9.84 Å². The number of benzene rings is 2. The number of carbonyl (C=O) groups is 2. The topological polar surface area (TPSA) is 83.6 Å². The molecule has 2 aromatic rings. The Bertz CT molecular complexity index is 932. The van der Waals surface area contributed by atoms with Gasteiger partial charge in [-0.2, -0.15) is 0 Å². The van der Waals surface area contributed by atoms with Gasteiger partial charge in [-0.25, -0.2) is 8.42 Å². The van der Waals surface area contributed by atoms with E-state index in [2.05, 4.69) is 5.32 Å². The molecule has 1 heterocycles. The van der Waals surface area contributed by atoms with E-state index >= 15 is 0 Å². The highest BCUT2D eigenvalue weighted by atomic mass is 32.2. The third kappa shape index (κ3) is 5.42. The van der Waals surface area contributed by atoms with Crippen LogP contribution in [0.2, 0.25) is 0 Å². The quantitative estimate of drug-likeness (QED) is 0.836. The smallest absolute Gasteiger partial charge is 0.253 e. The lowest BCUT2D eigenvalue weighted by atomic mass is 9.95. The van der Waals surface area contributed by atoms with Crippen molar-refractivity contribution >= 4 is 27.3 Å². The van der Waals surface area contributed by atoms with Gasteiger partial charge in [0.05, 0.1) is 5.75 Å². The van der Waals surface area contributed by atoms with Crippen molar-refractivity contribution in [2.24, 2.45) is 5.92 Å². The Hall–Kier alpha value is -2.67. The Morgan fingerprint density at radius 3 is 2.18 bits per heavy atom. The maximum atomic E-state index is 12.7. The minimum absolute atomic E-state index is 0.0107. The normalized spacial score (nSPS) is 15.2. The summed E-state index contributed by atoms with van der Waals surface area (Å²) in [6, 6.07) is 16.0. The summed E-state index contributed by atoms with van der Waals surface area (Å²) in [6.45, 7) is 1.05. The predicted molar refractivity (Wildman–Crippen MR) is 109 cm³/mol. The van der Waals surface area contributed by atoms with Crippen LogP contribution in [0.3, 0.4) is 0 Å². The first-order valence-corrected chi connectivity index (χ1v) is 11.3. The minimum Gasteiger partial charge on any atom is -0.339 e. The SMILES string of the molecule is CS(=O)(=O)Cc1ccc(C(=O)N2CCC(C(=O)Nc3ccccc3)CC2)cc1. The molecule has 2 aromatic carbocycles. The number of hydrogen-bond donors (Lipinski definition) is 1. The van der Waals surface area contributed by atoms with Gasteiger partial charge < -0.3 is 10.2 Å². The number of nitrogens with one attached hydrogen (secondary N) is 1. The fourth-order valence-electron chi connectivity index (χ4n) is 3.34. The molecule has 28 heavy (non-hydrogen) atoms. The number of nitrogens with zero attached hydrogens (tertiary/aromatic N) is 1. The second kappa shape index (κ2) is 8.56. The number of hydrogen-bond acceptors (Lipinski definition) is 4. The lowest BCUT2D eigenvalue weighted by Crippen LogP contribution is -2.41. The molecule has 0 spiro atoms. The highest BCUT2D eigenvalue weighted by Gasteiger charge is 2.27. The molecule has 1 aliphatic heterocycles. The number of likely N-dealkylation sites (tertiary alicyclic amines) is 1. The van der Waals surface area contributed by atoms with E-state index in [4.69, 9.17) is 0 Å². The van der Waals surface area contributed by atoms with Crippen molar-refractivity contribution in [3.8, 4) is 0 Å². The Morgan fingerprint density at radius 1 is 1.00 bits per heavy atom. The summed E-state index contributed by atoms with van der Waals surface area (Å²) in [6.07, 6.45) is 2.43. The maximum absolute atomic E-state index is 12.7. The molecule has 0 aromatic heterocycles. The van der Waals surface area contributed by atoms with Crippen LogP contribution < -0.4 is 5.32 Å². The molecular weight excluding hydrogens is 376 g/mol. The molecule has 0 unspecified atom stereocenters. The Kier molecular flexibility index (Phi) is 6.14. The van der Waals surface area contributed by atoms with Crippen LogP contribution in [-0.4, -0.2) is 44.5 Å². The molecule has 0 aliphatic carbocycles. The van der Waals surface area contributed by atoms with Gasteiger partial charge >= 0.3 is 0 Å². The van der Waals surface area contributed by atoms with Gasteiger partial charge in [0.25, 0.3) is 5.91 Å². The van der Waals surface area contributed by atoms with E-state index in [1.807, 2.05) is 30.3 Å². The van der Waals surface area contributed by atoms with Crippen LogP contribution in [0.4, 0.5) is 5.69 Å². The number of amides is 2. The molecule has 1 N–H and O–H groups in total. The van der Waals surface area contributed by atoms with Crippen molar-refractivity contribution in [2.75, 3.05) is 24.7 Å². The van der Waals surface area contributed by atoms with Gasteiger partial charge in [0.2, 0.25) is 5.91 Å². The monoisotopic (exact) mass is 400 g/mol. The summed E-state index contributed by atoms with van der Waals surface area (Å²) >= 11 is 0. The van der Waals surface area contributed by atoms with E-state index in [0.29, 0.717) is 37.1 Å². The summed E-state index contributed by atoms with van der Waals surface area (Å²) < 4.78 is 22.7. The summed E-state index contributed by atoms with van der Waals surface area (Å²) in [4.78, 5) is 26.8. The predicted octanol–water partition coefficient (Wildman–Crippen LogP) is 2.72. The van der Waals surface area contributed by atoms with Gasteiger partial charge in [-0.05, 0) is 42.7 Å². The van der Waals surface area contributed by atoms with E-state index in [1.165, 1.54) is 6.26 Å². The van der Waals surface area contributed by atoms with E-state index in [0.717, 1.165) is 5.69 Å². The third-order valence-corrected chi connectivity index (χ3v) is 5.68. The van der Waals surface area contributed by atoms with Crippen LogP contribution in [-0.2, 0) is 20.4 Å². The number of piperidine rings is 1. The van der Waals surface area contributed by atoms with Gasteiger partial charge in [-0.15, -0.1) is 0 Å². The molecule has 3 rings (SSSR count). The van der Waals surface area contributed by atoms with E-state index in [9.17, 15) is 18.0 Å². The molecule has 7 heteroatoms. The molecule has 0 saturated carbocycles. The summed E-state index contributed by atoms with van der Waals surface area (Å²) in [7, 11) is -3.10. The van der Waals surface area contributed by atoms with Crippen LogP contribution >= 0.6 is 0 Å². The van der Waals surface area contributed by atoms with Crippen molar-refractivity contribution in [1.29, 1.82) is 0 Å². The largest absolute Gasteiger partial charge is 0.339 e. The van der Waals surface area contributed by atoms with E-state index in [1.54, 1.807) is 29.2 Å². The summed E-state index contributed by atoms with van der Waals surface area (Å²) in [5.74, 6) is -0.249. The third-order valence-electron chi connectivity index (χ3n) is 4.82. The maximum Gasteiger partial charge on any atom is 0.253 e. The van der Waals surface area contributed by atoms with Crippen LogP contribution in [0.15, 0.2) is 54.6 Å². The second-order valence-electron chi connectivity index (χ2n) is 7.19. The average molecular weight is 401 g/mol. The zero-order valence-electron chi connectivity index (χ0n) is 15.8. The standard InChI is InChI=1S/C21H24N2O4S/c1-28(26,27)15-16-7-9-18(10-8-16)21(25)23-13-11-17(12-14-23)20(24)22-19-5-3-2-4-6-19/h2-10,17H,11-15H2,1H3,(H,22,24). The number of anilines is 1. The van der Waals surface area contributed by atoms with Crippen LogP contribution in [0, 0.1) is 5.92 Å². The van der Waals surface area contributed by atoms with Crippen LogP contribution in [0.1, 0.15) is 28.8 Å². The number of rotatable bonds is 5. The van der Waals surface area contributed by atoms with Crippen molar-refractivity contribution in [1.82, 2.24) is 4.90 Å². The van der Waals surface area contributed by atoms with Crippen molar-refractivity contribution in [3.05, 3.63) is 65.7 Å². The van der Waals surface area contributed by atoms with Gasteiger partial charge in [-0.1, -0.05) is 30.3 Å². The number of para-hydroxylation sites is 1.